The average molecular weight is 1010 g/mol. The fourth-order valence-electron chi connectivity index (χ4n) is 12.6. The number of aromatic nitrogens is 2. The van der Waals surface area contributed by atoms with Crippen LogP contribution in [0.15, 0.2) is 315 Å². The first-order valence-electron chi connectivity index (χ1n) is 28.4. The van der Waals surface area contributed by atoms with Crippen LogP contribution in [0.2, 0.25) is 0 Å². The van der Waals surface area contributed by atoms with E-state index in [1.807, 2.05) is 12.1 Å². The highest BCUT2D eigenvalue weighted by Gasteiger charge is 2.44. The molecule has 12 aromatic carbocycles. The van der Waals surface area contributed by atoms with E-state index in [0.717, 1.165) is 70.5 Å². The minimum Gasteiger partial charge on any atom is -0.309 e. The van der Waals surface area contributed by atoms with E-state index >= 15 is 0 Å². The third-order valence-electron chi connectivity index (χ3n) is 15.7. The molecular formula is C72H52N2Si2. The normalized spacial score (nSPS) is 12.9. The van der Waals surface area contributed by atoms with Crippen LogP contribution >= 0.6 is 0 Å². The van der Waals surface area contributed by atoms with E-state index in [9.17, 15) is 0 Å². The Balaban J connectivity index is 1.04. The van der Waals surface area contributed by atoms with Crippen molar-refractivity contribution in [2.75, 3.05) is 0 Å². The van der Waals surface area contributed by atoms with Crippen molar-refractivity contribution in [2.24, 2.45) is 0 Å². The lowest BCUT2D eigenvalue weighted by Gasteiger charge is -2.35. The Morgan fingerprint density at radius 3 is 1.25 bits per heavy atom. The predicted octanol–water partition coefficient (Wildman–Crippen LogP) is 12.3. The number of hydrogen-bond donors (Lipinski definition) is 0. The molecule has 0 radical (unpaired) electrons. The van der Waals surface area contributed by atoms with E-state index < -0.39 is 22.2 Å². The molecule has 0 fully saturated rings. The van der Waals surface area contributed by atoms with Crippen LogP contribution < -0.4 is 41.5 Å². The zero-order valence-corrected chi connectivity index (χ0v) is 43.5. The summed E-state index contributed by atoms with van der Waals surface area (Å²) >= 11 is 0. The van der Waals surface area contributed by atoms with Crippen LogP contribution in [-0.2, 0) is 0 Å². The first-order chi connectivity index (χ1) is 39.8. The molecule has 76 heavy (non-hydrogen) atoms. The van der Waals surface area contributed by atoms with Crippen LogP contribution in [-0.4, -0.2) is 25.3 Å². The number of hydrogen-bond acceptors (Lipinski definition) is 0. The average Bonchev–Trinajstić information content (AvgIpc) is 4.16. The summed E-state index contributed by atoms with van der Waals surface area (Å²) in [6, 6.07) is 102. The molecule has 0 aliphatic heterocycles. The Bertz CT molecular complexity index is 4540. The van der Waals surface area contributed by atoms with Gasteiger partial charge in [-0.25, -0.2) is 0 Å². The third kappa shape index (κ3) is 7.06. The zero-order valence-electron chi connectivity index (χ0n) is 46.5. The van der Waals surface area contributed by atoms with Gasteiger partial charge in [-0.15, -0.1) is 0 Å². The topological polar surface area (TPSA) is 9.86 Å². The summed E-state index contributed by atoms with van der Waals surface area (Å²) in [6.45, 7) is 0. The molecule has 358 valence electrons. The molecule has 0 amide bonds. The Morgan fingerprint density at radius 1 is 0.276 bits per heavy atom. The molecule has 0 atom stereocenters. The van der Waals surface area contributed by atoms with Gasteiger partial charge in [0.25, 0.3) is 0 Å². The molecule has 2 nitrogen and oxygen atoms in total. The van der Waals surface area contributed by atoms with Gasteiger partial charge in [0.15, 0.2) is 16.1 Å². The number of nitrogens with zero attached hydrogens (tertiary/aromatic N) is 2. The van der Waals surface area contributed by atoms with Gasteiger partial charge in [0, 0.05) is 27.2 Å². The highest BCUT2D eigenvalue weighted by molar-refractivity contribution is 7.21. The highest BCUT2D eigenvalue weighted by atomic mass is 28.3. The standard InChI is InChI=1S/C72H52N2Si2/c1-7-27-53(28-8-1)54-29-23-41-61(51-54)76(59-37-15-5-16-38-59,60-39-17-6-18-40-60)70-50-26-49-69-72(70)64-44-20-22-46-66(64)74(69)68-48-25-47-67-71(68)63-43-19-21-45-65(63)73(67)55-30-24-42-62(52-55)75(56-31-9-2-10-32-56,57-33-11-3-12-34-57)58-35-13-4-14-36-58/h1-52H/i1D,7D,8D,27D,28D. The molecule has 14 rings (SSSR count). The Kier molecular flexibility index (Phi) is 9.96. The van der Waals surface area contributed by atoms with Gasteiger partial charge in [0.05, 0.1) is 34.6 Å². The highest BCUT2D eigenvalue weighted by Crippen LogP contribution is 2.40. The molecule has 0 bridgehead atoms. The van der Waals surface area contributed by atoms with Crippen LogP contribution in [0, 0.1) is 0 Å². The lowest BCUT2D eigenvalue weighted by atomic mass is 10.1. The van der Waals surface area contributed by atoms with Gasteiger partial charge in [-0.1, -0.05) is 273 Å². The van der Waals surface area contributed by atoms with Gasteiger partial charge in [-0.05, 0) is 95.1 Å². The molecule has 0 aliphatic rings. The van der Waals surface area contributed by atoms with E-state index in [4.69, 9.17) is 6.85 Å². The van der Waals surface area contributed by atoms with E-state index in [2.05, 4.69) is 282 Å². The van der Waals surface area contributed by atoms with Crippen molar-refractivity contribution in [2.45, 2.75) is 0 Å². The van der Waals surface area contributed by atoms with Crippen molar-refractivity contribution in [1.29, 1.82) is 0 Å². The second-order valence-electron chi connectivity index (χ2n) is 19.5. The van der Waals surface area contributed by atoms with Gasteiger partial charge in [0.1, 0.15) is 0 Å². The molecule has 14 aromatic rings. The smallest absolute Gasteiger partial charge is 0.180 e. The summed E-state index contributed by atoms with van der Waals surface area (Å²) in [5, 5.41) is 14.3. The SMILES string of the molecule is [2H]c1c([2H])c([2H])c(-c2cccc([Si](c3ccccc3)(c3ccccc3)c3cccc4c3c3ccccc3n4-c3cccc4c3c3ccccc3n4-c3cccc([Si](c4ccccc4)(c4ccccc4)c4ccccc4)c3)c2)c([2H])c1[2H]. The van der Waals surface area contributed by atoms with Crippen molar-refractivity contribution in [1.82, 2.24) is 9.13 Å². The predicted molar refractivity (Wildman–Crippen MR) is 328 cm³/mol. The maximum absolute atomic E-state index is 9.10. The molecule has 2 heterocycles. The quantitative estimate of drug-likeness (QED) is 0.0903. The number of benzene rings is 12. The zero-order chi connectivity index (χ0) is 54.8. The van der Waals surface area contributed by atoms with E-state index in [1.165, 1.54) is 25.9 Å². The monoisotopic (exact) mass is 1010 g/mol. The number of rotatable bonds is 11. The summed E-state index contributed by atoms with van der Waals surface area (Å²) in [7, 11) is -6.28. The van der Waals surface area contributed by atoms with Crippen LogP contribution in [0.3, 0.4) is 0 Å². The van der Waals surface area contributed by atoms with E-state index in [0.29, 0.717) is 5.56 Å². The molecule has 0 N–H and O–H groups in total. The van der Waals surface area contributed by atoms with Gasteiger partial charge in [-0.3, -0.25) is 0 Å². The third-order valence-corrected chi connectivity index (χ3v) is 25.2. The van der Waals surface area contributed by atoms with Crippen LogP contribution in [0.4, 0.5) is 0 Å². The summed E-state index contributed by atoms with van der Waals surface area (Å²) in [5.41, 5.74) is 7.27. The van der Waals surface area contributed by atoms with Crippen molar-refractivity contribution >= 4 is 101 Å². The van der Waals surface area contributed by atoms with Crippen LogP contribution in [0.25, 0.3) is 66.1 Å². The molecule has 4 heteroatoms. The van der Waals surface area contributed by atoms with Crippen molar-refractivity contribution in [3.05, 3.63) is 315 Å². The van der Waals surface area contributed by atoms with Crippen molar-refractivity contribution in [3.8, 4) is 22.5 Å². The summed E-state index contributed by atoms with van der Waals surface area (Å²) in [6.07, 6.45) is 0. The molecule has 0 unspecified atom stereocenters. The minimum absolute atomic E-state index is 0.186. The van der Waals surface area contributed by atoms with Crippen molar-refractivity contribution in [3.63, 3.8) is 0 Å². The number of fused-ring (bicyclic) bond motifs is 6. The molecule has 2 aromatic heterocycles. The first-order valence-corrected chi connectivity index (χ1v) is 29.9. The lowest BCUT2D eigenvalue weighted by molar-refractivity contribution is 1.17. The minimum atomic E-state index is -3.41. The molecule has 0 saturated carbocycles. The molecule has 0 aliphatic carbocycles. The fraction of sp³-hybridized carbons (Fsp3) is 0. The number of para-hydroxylation sites is 2. The molecule has 0 saturated heterocycles. The Hall–Kier alpha value is -9.33. The van der Waals surface area contributed by atoms with E-state index in [1.54, 1.807) is 0 Å². The molecular weight excluding hydrogens is 949 g/mol. The fourth-order valence-corrected chi connectivity index (χ4v) is 22.5. The van der Waals surface area contributed by atoms with Gasteiger partial charge < -0.3 is 9.13 Å². The van der Waals surface area contributed by atoms with Gasteiger partial charge >= 0.3 is 0 Å². The maximum Gasteiger partial charge on any atom is 0.180 e. The lowest BCUT2D eigenvalue weighted by Crippen LogP contribution is -2.74. The van der Waals surface area contributed by atoms with Gasteiger partial charge in [0.2, 0.25) is 0 Å². The second kappa shape index (κ2) is 18.9. The Labute approximate surface area is 452 Å². The summed E-state index contributed by atoms with van der Waals surface area (Å²) in [4.78, 5) is 0. The Morgan fingerprint density at radius 2 is 0.684 bits per heavy atom. The largest absolute Gasteiger partial charge is 0.309 e. The van der Waals surface area contributed by atoms with Gasteiger partial charge in [-0.2, -0.15) is 0 Å². The van der Waals surface area contributed by atoms with Crippen molar-refractivity contribution < 1.29 is 6.85 Å². The van der Waals surface area contributed by atoms with E-state index in [-0.39, 0.29) is 29.7 Å². The molecule has 0 spiro atoms. The maximum atomic E-state index is 9.10. The summed E-state index contributed by atoms with van der Waals surface area (Å²) < 4.78 is 48.9. The second-order valence-corrected chi connectivity index (χ2v) is 27.1. The summed E-state index contributed by atoms with van der Waals surface area (Å²) in [5.74, 6) is 0. The first kappa shape index (κ1) is 40.1. The van der Waals surface area contributed by atoms with Crippen LogP contribution in [0.5, 0.6) is 0 Å². The van der Waals surface area contributed by atoms with Crippen LogP contribution in [0.1, 0.15) is 6.85 Å².